The third-order valence-electron chi connectivity index (χ3n) is 5.65. The molecule has 3 nitrogen and oxygen atoms in total. The topological polar surface area (TPSA) is 29.5 Å². The van der Waals surface area contributed by atoms with Gasteiger partial charge in [-0.25, -0.2) is 0 Å². The number of benzene rings is 2. The van der Waals surface area contributed by atoms with Gasteiger partial charge in [-0.1, -0.05) is 48.5 Å². The molecular formula is C22H25NO2. The van der Waals surface area contributed by atoms with Crippen molar-refractivity contribution in [2.45, 2.75) is 44.1 Å². The number of ether oxygens (including phenoxy) is 1. The molecule has 0 atom stereocenters. The largest absolute Gasteiger partial charge is 0.487 e. The smallest absolute Gasteiger partial charge is 0.222 e. The highest BCUT2D eigenvalue weighted by atomic mass is 16.5. The summed E-state index contributed by atoms with van der Waals surface area (Å²) in [6, 6.07) is 18.6. The first-order chi connectivity index (χ1) is 12.2. The highest BCUT2D eigenvalue weighted by molar-refractivity contribution is 5.76. The number of carbonyl (C=O) groups is 1. The van der Waals surface area contributed by atoms with E-state index in [2.05, 4.69) is 30.3 Å². The lowest BCUT2D eigenvalue weighted by atomic mass is 9.83. The molecule has 0 radical (unpaired) electrons. The monoisotopic (exact) mass is 335 g/mol. The van der Waals surface area contributed by atoms with Gasteiger partial charge in [0.1, 0.15) is 11.4 Å². The zero-order chi connectivity index (χ0) is 17.1. The van der Waals surface area contributed by atoms with Crippen LogP contribution in [0.1, 0.15) is 36.8 Å². The SMILES string of the molecule is O=C(CCc1ccccc1)N1CCC2(CCc3ccccc3O2)CC1. The number of piperidine rings is 1. The van der Waals surface area contributed by atoms with Gasteiger partial charge in [-0.15, -0.1) is 0 Å². The van der Waals surface area contributed by atoms with Gasteiger partial charge in [0.15, 0.2) is 0 Å². The van der Waals surface area contributed by atoms with E-state index in [9.17, 15) is 4.79 Å². The van der Waals surface area contributed by atoms with Crippen LogP contribution in [0, 0.1) is 0 Å². The van der Waals surface area contributed by atoms with Crippen molar-refractivity contribution in [3.63, 3.8) is 0 Å². The Hall–Kier alpha value is -2.29. The van der Waals surface area contributed by atoms with Crippen LogP contribution < -0.4 is 4.74 Å². The van der Waals surface area contributed by atoms with E-state index in [0.29, 0.717) is 6.42 Å². The van der Waals surface area contributed by atoms with Gasteiger partial charge in [0.05, 0.1) is 0 Å². The van der Waals surface area contributed by atoms with Crippen molar-refractivity contribution in [2.75, 3.05) is 13.1 Å². The first-order valence-corrected chi connectivity index (χ1v) is 9.33. The number of aryl methyl sites for hydroxylation is 2. The van der Waals surface area contributed by atoms with E-state index >= 15 is 0 Å². The van der Waals surface area contributed by atoms with Crippen LogP contribution in [0.4, 0.5) is 0 Å². The average Bonchev–Trinajstić information content (AvgIpc) is 2.67. The van der Waals surface area contributed by atoms with Gasteiger partial charge in [0, 0.05) is 32.4 Å². The Morgan fingerprint density at radius 2 is 1.68 bits per heavy atom. The first kappa shape index (κ1) is 16.2. The fourth-order valence-corrected chi connectivity index (χ4v) is 4.03. The summed E-state index contributed by atoms with van der Waals surface area (Å²) in [5, 5.41) is 0. The fourth-order valence-electron chi connectivity index (χ4n) is 4.03. The van der Waals surface area contributed by atoms with Crippen LogP contribution in [0.2, 0.25) is 0 Å². The van der Waals surface area contributed by atoms with Crippen molar-refractivity contribution < 1.29 is 9.53 Å². The average molecular weight is 335 g/mol. The molecule has 2 aromatic rings. The molecule has 2 aromatic carbocycles. The molecule has 130 valence electrons. The lowest BCUT2D eigenvalue weighted by Crippen LogP contribution is -2.51. The van der Waals surface area contributed by atoms with Crippen LogP contribution in [0.25, 0.3) is 0 Å². The predicted molar refractivity (Wildman–Crippen MR) is 98.7 cm³/mol. The van der Waals surface area contributed by atoms with Crippen molar-refractivity contribution in [3.05, 3.63) is 65.7 Å². The molecule has 1 saturated heterocycles. The number of hydrogen-bond donors (Lipinski definition) is 0. The lowest BCUT2D eigenvalue weighted by molar-refractivity contribution is -0.135. The second-order valence-electron chi connectivity index (χ2n) is 7.26. The molecule has 4 rings (SSSR count). The number of likely N-dealkylation sites (tertiary alicyclic amines) is 1. The van der Waals surface area contributed by atoms with Crippen molar-refractivity contribution in [1.82, 2.24) is 4.90 Å². The standard InChI is InChI=1S/C22H25NO2/c24-21(11-10-18-6-2-1-3-7-18)23-16-14-22(15-17-23)13-12-19-8-4-5-9-20(19)25-22/h1-9H,10-17H2. The van der Waals surface area contributed by atoms with Gasteiger partial charge in [-0.3, -0.25) is 4.79 Å². The minimum atomic E-state index is -0.0649. The van der Waals surface area contributed by atoms with Crippen LogP contribution in [-0.2, 0) is 17.6 Å². The number of para-hydroxylation sites is 1. The van der Waals surface area contributed by atoms with Crippen molar-refractivity contribution in [2.24, 2.45) is 0 Å². The minimum Gasteiger partial charge on any atom is -0.487 e. The molecule has 0 aliphatic carbocycles. The molecule has 2 aliphatic heterocycles. The predicted octanol–water partition coefficient (Wildman–Crippen LogP) is 4.01. The second kappa shape index (κ2) is 6.91. The Morgan fingerprint density at radius 1 is 0.960 bits per heavy atom. The van der Waals surface area contributed by atoms with Gasteiger partial charge in [-0.05, 0) is 36.5 Å². The molecule has 0 N–H and O–H groups in total. The third kappa shape index (κ3) is 3.55. The van der Waals surface area contributed by atoms with E-state index in [1.165, 1.54) is 11.1 Å². The highest BCUT2D eigenvalue weighted by Crippen LogP contribution is 2.39. The quantitative estimate of drug-likeness (QED) is 0.848. The lowest BCUT2D eigenvalue weighted by Gasteiger charge is -2.44. The molecule has 2 aliphatic rings. The first-order valence-electron chi connectivity index (χ1n) is 9.33. The van der Waals surface area contributed by atoms with Crippen molar-refractivity contribution in [3.8, 4) is 5.75 Å². The molecule has 3 heteroatoms. The van der Waals surface area contributed by atoms with E-state index < -0.39 is 0 Å². The Labute approximate surface area is 149 Å². The zero-order valence-electron chi connectivity index (χ0n) is 14.6. The Bertz CT molecular complexity index is 733. The van der Waals surface area contributed by atoms with Gasteiger partial charge in [0.25, 0.3) is 0 Å². The van der Waals surface area contributed by atoms with Gasteiger partial charge >= 0.3 is 0 Å². The maximum absolute atomic E-state index is 12.5. The number of amides is 1. The Balaban J connectivity index is 1.32. The summed E-state index contributed by atoms with van der Waals surface area (Å²) < 4.78 is 6.38. The molecule has 0 aromatic heterocycles. The molecule has 2 heterocycles. The van der Waals surface area contributed by atoms with Crippen LogP contribution >= 0.6 is 0 Å². The summed E-state index contributed by atoms with van der Waals surface area (Å²) in [4.78, 5) is 14.6. The van der Waals surface area contributed by atoms with E-state index in [0.717, 1.165) is 50.9 Å². The summed E-state index contributed by atoms with van der Waals surface area (Å²) in [5.74, 6) is 1.31. The van der Waals surface area contributed by atoms with Crippen LogP contribution in [0.5, 0.6) is 5.75 Å². The van der Waals surface area contributed by atoms with Gasteiger partial charge < -0.3 is 9.64 Å². The summed E-state index contributed by atoms with van der Waals surface area (Å²) >= 11 is 0. The van der Waals surface area contributed by atoms with Crippen molar-refractivity contribution >= 4 is 5.91 Å². The van der Waals surface area contributed by atoms with Crippen molar-refractivity contribution in [1.29, 1.82) is 0 Å². The van der Waals surface area contributed by atoms with Crippen LogP contribution in [0.3, 0.4) is 0 Å². The molecule has 0 unspecified atom stereocenters. The molecule has 0 bridgehead atoms. The maximum atomic E-state index is 12.5. The third-order valence-corrected chi connectivity index (χ3v) is 5.65. The second-order valence-corrected chi connectivity index (χ2v) is 7.26. The highest BCUT2D eigenvalue weighted by Gasteiger charge is 2.40. The molecule has 25 heavy (non-hydrogen) atoms. The summed E-state index contributed by atoms with van der Waals surface area (Å²) in [7, 11) is 0. The molecule has 1 amide bonds. The van der Waals surface area contributed by atoms with E-state index in [1.54, 1.807) is 0 Å². The Kier molecular flexibility index (Phi) is 4.48. The molecule has 1 spiro atoms. The van der Waals surface area contributed by atoms with E-state index in [-0.39, 0.29) is 11.5 Å². The van der Waals surface area contributed by atoms with E-state index in [4.69, 9.17) is 4.74 Å². The molecule has 1 fully saturated rings. The zero-order valence-corrected chi connectivity index (χ0v) is 14.6. The van der Waals surface area contributed by atoms with Gasteiger partial charge in [0.2, 0.25) is 5.91 Å². The number of nitrogens with zero attached hydrogens (tertiary/aromatic N) is 1. The Morgan fingerprint density at radius 3 is 2.48 bits per heavy atom. The number of fused-ring (bicyclic) bond motifs is 1. The number of rotatable bonds is 3. The van der Waals surface area contributed by atoms with Crippen LogP contribution in [-0.4, -0.2) is 29.5 Å². The summed E-state index contributed by atoms with van der Waals surface area (Å²) in [5.41, 5.74) is 2.48. The molecular weight excluding hydrogens is 310 g/mol. The minimum absolute atomic E-state index is 0.0649. The summed E-state index contributed by atoms with van der Waals surface area (Å²) in [6.45, 7) is 1.63. The van der Waals surface area contributed by atoms with Gasteiger partial charge in [-0.2, -0.15) is 0 Å². The molecule has 0 saturated carbocycles. The van der Waals surface area contributed by atoms with Crippen LogP contribution in [0.15, 0.2) is 54.6 Å². The fraction of sp³-hybridized carbons (Fsp3) is 0.409. The maximum Gasteiger partial charge on any atom is 0.222 e. The number of hydrogen-bond acceptors (Lipinski definition) is 2. The normalized spacial score (nSPS) is 18.5. The van der Waals surface area contributed by atoms with E-state index in [1.807, 2.05) is 29.2 Å². The summed E-state index contributed by atoms with van der Waals surface area (Å²) in [6.07, 6.45) is 5.46. The number of carbonyl (C=O) groups excluding carboxylic acids is 1.